The van der Waals surface area contributed by atoms with Crippen LogP contribution in [-0.4, -0.2) is 30.2 Å². The molecule has 4 rings (SSSR count). The first-order chi connectivity index (χ1) is 16.4. The highest BCUT2D eigenvalue weighted by atomic mass is 32.2. The third-order valence-corrected chi connectivity index (χ3v) is 8.07. The van der Waals surface area contributed by atoms with Gasteiger partial charge < -0.3 is 0 Å². The van der Waals surface area contributed by atoms with Crippen molar-refractivity contribution in [2.45, 2.75) is 25.3 Å². The van der Waals surface area contributed by atoms with Crippen LogP contribution in [0.5, 0.6) is 0 Å². The maximum absolute atomic E-state index is 13.1. The number of carbonyl (C=O) groups excluding carboxylic acids is 1. The number of amides is 1. The summed E-state index contributed by atoms with van der Waals surface area (Å²) in [5, 5.41) is 5.17. The van der Waals surface area contributed by atoms with E-state index >= 15 is 0 Å². The Labute approximate surface area is 204 Å². The van der Waals surface area contributed by atoms with Crippen LogP contribution in [0.15, 0.2) is 89.1 Å². The number of rotatable bonds is 8. The van der Waals surface area contributed by atoms with Gasteiger partial charge in [-0.3, -0.25) is 10.1 Å². The molecular formula is C26H25N3O3S2. The summed E-state index contributed by atoms with van der Waals surface area (Å²) < 4.78 is 27.6. The van der Waals surface area contributed by atoms with E-state index in [1.54, 1.807) is 6.92 Å². The van der Waals surface area contributed by atoms with Gasteiger partial charge in [0.15, 0.2) is 5.13 Å². The second-order valence-electron chi connectivity index (χ2n) is 7.80. The van der Waals surface area contributed by atoms with Crippen molar-refractivity contribution in [3.63, 3.8) is 0 Å². The minimum atomic E-state index is -3.69. The van der Waals surface area contributed by atoms with Crippen molar-refractivity contribution in [2.75, 3.05) is 11.9 Å². The van der Waals surface area contributed by atoms with Crippen LogP contribution in [0.4, 0.5) is 5.13 Å². The van der Waals surface area contributed by atoms with Crippen LogP contribution in [-0.2, 0) is 16.6 Å². The average molecular weight is 492 g/mol. The van der Waals surface area contributed by atoms with Gasteiger partial charge in [0.05, 0.1) is 10.6 Å². The van der Waals surface area contributed by atoms with E-state index in [1.807, 2.05) is 66.9 Å². The maximum atomic E-state index is 13.1. The summed E-state index contributed by atoms with van der Waals surface area (Å²) in [4.78, 5) is 17.3. The molecule has 1 N–H and O–H groups in total. The largest absolute Gasteiger partial charge is 0.298 e. The van der Waals surface area contributed by atoms with Gasteiger partial charge in [0, 0.05) is 29.6 Å². The number of aryl methyl sites for hydroxylation is 1. The zero-order valence-corrected chi connectivity index (χ0v) is 20.6. The van der Waals surface area contributed by atoms with Crippen molar-refractivity contribution >= 4 is 32.4 Å². The van der Waals surface area contributed by atoms with Gasteiger partial charge in [-0.15, -0.1) is 11.3 Å². The molecule has 3 aromatic carbocycles. The SMILES string of the molecule is CCN(Cc1ccccc1)S(=O)(=O)c1ccc(C(=O)Nc2nc(-c3ccc(C)cc3)cs2)cc1. The maximum Gasteiger partial charge on any atom is 0.257 e. The number of hydrogen-bond donors (Lipinski definition) is 1. The Bertz CT molecular complexity index is 1370. The van der Waals surface area contributed by atoms with Gasteiger partial charge in [0.1, 0.15) is 0 Å². The van der Waals surface area contributed by atoms with Gasteiger partial charge in [-0.2, -0.15) is 4.31 Å². The van der Waals surface area contributed by atoms with Gasteiger partial charge in [-0.1, -0.05) is 67.1 Å². The molecule has 174 valence electrons. The van der Waals surface area contributed by atoms with Crippen molar-refractivity contribution in [1.29, 1.82) is 0 Å². The summed E-state index contributed by atoms with van der Waals surface area (Å²) in [7, 11) is -3.69. The smallest absolute Gasteiger partial charge is 0.257 e. The number of anilines is 1. The van der Waals surface area contributed by atoms with E-state index in [0.717, 1.165) is 16.8 Å². The number of aromatic nitrogens is 1. The molecule has 0 aliphatic heterocycles. The van der Waals surface area contributed by atoms with E-state index in [9.17, 15) is 13.2 Å². The van der Waals surface area contributed by atoms with Crippen LogP contribution in [0.3, 0.4) is 0 Å². The molecule has 0 saturated heterocycles. The predicted octanol–water partition coefficient (Wildman–Crippen LogP) is 5.58. The number of thiazole rings is 1. The van der Waals surface area contributed by atoms with Crippen molar-refractivity contribution in [2.24, 2.45) is 0 Å². The van der Waals surface area contributed by atoms with Gasteiger partial charge in [0.25, 0.3) is 5.91 Å². The zero-order valence-electron chi connectivity index (χ0n) is 18.9. The Morgan fingerprint density at radius 2 is 1.65 bits per heavy atom. The Kier molecular flexibility index (Phi) is 7.21. The molecule has 1 aromatic heterocycles. The lowest BCUT2D eigenvalue weighted by molar-refractivity contribution is 0.102. The van der Waals surface area contributed by atoms with Crippen LogP contribution < -0.4 is 5.32 Å². The first-order valence-corrected chi connectivity index (χ1v) is 13.2. The van der Waals surface area contributed by atoms with Gasteiger partial charge in [-0.25, -0.2) is 13.4 Å². The van der Waals surface area contributed by atoms with Crippen LogP contribution >= 0.6 is 11.3 Å². The van der Waals surface area contributed by atoms with Crippen molar-refractivity contribution in [1.82, 2.24) is 9.29 Å². The van der Waals surface area contributed by atoms with Crippen molar-refractivity contribution in [3.05, 3.63) is 101 Å². The number of sulfonamides is 1. The summed E-state index contributed by atoms with van der Waals surface area (Å²) in [5.41, 5.74) is 4.21. The lowest BCUT2D eigenvalue weighted by Gasteiger charge is -2.20. The van der Waals surface area contributed by atoms with E-state index in [2.05, 4.69) is 10.3 Å². The number of hydrogen-bond acceptors (Lipinski definition) is 5. The first-order valence-electron chi connectivity index (χ1n) is 10.8. The molecule has 1 heterocycles. The lowest BCUT2D eigenvalue weighted by atomic mass is 10.1. The van der Waals surface area contributed by atoms with Crippen molar-refractivity contribution in [3.8, 4) is 11.3 Å². The summed E-state index contributed by atoms with van der Waals surface area (Å²) in [5.74, 6) is -0.342. The highest BCUT2D eigenvalue weighted by Crippen LogP contribution is 2.26. The summed E-state index contributed by atoms with van der Waals surface area (Å²) in [6, 6.07) is 23.5. The van der Waals surface area contributed by atoms with Crippen LogP contribution in [0.2, 0.25) is 0 Å². The molecule has 0 aliphatic rings. The molecule has 0 fully saturated rings. The average Bonchev–Trinajstić information content (AvgIpc) is 3.32. The molecule has 0 spiro atoms. The van der Waals surface area contributed by atoms with Gasteiger partial charge in [0.2, 0.25) is 10.0 Å². The number of benzene rings is 3. The molecule has 34 heavy (non-hydrogen) atoms. The molecule has 0 bridgehead atoms. The fourth-order valence-electron chi connectivity index (χ4n) is 3.44. The van der Waals surface area contributed by atoms with E-state index in [4.69, 9.17) is 0 Å². The first kappa shape index (κ1) is 23.8. The minimum absolute atomic E-state index is 0.151. The van der Waals surface area contributed by atoms with E-state index in [0.29, 0.717) is 17.2 Å². The molecule has 0 radical (unpaired) electrons. The molecule has 8 heteroatoms. The van der Waals surface area contributed by atoms with Crippen LogP contribution in [0.25, 0.3) is 11.3 Å². The Morgan fingerprint density at radius 1 is 0.971 bits per heavy atom. The third-order valence-electron chi connectivity index (χ3n) is 5.38. The summed E-state index contributed by atoms with van der Waals surface area (Å²) >= 11 is 1.34. The number of nitrogens with one attached hydrogen (secondary N) is 1. The highest BCUT2D eigenvalue weighted by Gasteiger charge is 2.23. The molecule has 0 saturated carbocycles. The predicted molar refractivity (Wildman–Crippen MR) is 136 cm³/mol. The molecule has 0 atom stereocenters. The quantitative estimate of drug-likeness (QED) is 0.349. The van der Waals surface area contributed by atoms with Crippen molar-refractivity contribution < 1.29 is 13.2 Å². The van der Waals surface area contributed by atoms with E-state index in [-0.39, 0.29) is 17.3 Å². The number of nitrogens with zero attached hydrogens (tertiary/aromatic N) is 2. The molecule has 0 aliphatic carbocycles. The molecule has 6 nitrogen and oxygen atoms in total. The molecule has 0 unspecified atom stereocenters. The highest BCUT2D eigenvalue weighted by molar-refractivity contribution is 7.89. The fraction of sp³-hybridized carbons (Fsp3) is 0.154. The Hall–Kier alpha value is -3.33. The van der Waals surface area contributed by atoms with E-state index in [1.165, 1.54) is 45.5 Å². The minimum Gasteiger partial charge on any atom is -0.298 e. The van der Waals surface area contributed by atoms with Crippen LogP contribution in [0.1, 0.15) is 28.4 Å². The van der Waals surface area contributed by atoms with E-state index < -0.39 is 10.0 Å². The summed E-state index contributed by atoms with van der Waals surface area (Å²) in [6.45, 7) is 4.46. The second-order valence-corrected chi connectivity index (χ2v) is 10.6. The Morgan fingerprint density at radius 3 is 2.29 bits per heavy atom. The second kappa shape index (κ2) is 10.3. The van der Waals surface area contributed by atoms with Gasteiger partial charge in [-0.05, 0) is 36.8 Å². The molecule has 1 amide bonds. The lowest BCUT2D eigenvalue weighted by Crippen LogP contribution is -2.30. The molecular weight excluding hydrogens is 466 g/mol. The number of carbonyl (C=O) groups is 1. The van der Waals surface area contributed by atoms with Crippen LogP contribution in [0, 0.1) is 6.92 Å². The third kappa shape index (κ3) is 5.41. The standard InChI is InChI=1S/C26H25N3O3S2/c1-3-29(17-20-7-5-4-6-8-20)34(31,32)23-15-13-22(14-16-23)25(30)28-26-27-24(18-33-26)21-11-9-19(2)10-12-21/h4-16,18H,3,17H2,1-2H3,(H,27,28,30). The van der Waals surface area contributed by atoms with Gasteiger partial charge >= 0.3 is 0 Å². The monoisotopic (exact) mass is 491 g/mol. The zero-order chi connectivity index (χ0) is 24.1. The molecule has 4 aromatic rings. The summed E-state index contributed by atoms with van der Waals surface area (Å²) in [6.07, 6.45) is 0. The normalized spacial score (nSPS) is 11.5. The fourth-order valence-corrected chi connectivity index (χ4v) is 5.59. The Balaban J connectivity index is 1.45. The topological polar surface area (TPSA) is 79.4 Å².